The fourth-order valence-electron chi connectivity index (χ4n) is 2.72. The topological polar surface area (TPSA) is 0 Å². The van der Waals surface area contributed by atoms with Gasteiger partial charge in [-0.05, 0) is 56.6 Å². The molecule has 0 radical (unpaired) electrons. The average Bonchev–Trinajstić information content (AvgIpc) is 2.45. The average molecular weight is 246 g/mol. The van der Waals surface area contributed by atoms with Crippen LogP contribution in [0.1, 0.15) is 0 Å². The van der Waals surface area contributed by atoms with Gasteiger partial charge < -0.3 is 0 Å². The lowest BCUT2D eigenvalue weighted by Crippen LogP contribution is -1.81. The van der Waals surface area contributed by atoms with Crippen molar-refractivity contribution in [1.29, 1.82) is 0 Å². The van der Waals surface area contributed by atoms with Gasteiger partial charge in [-0.2, -0.15) is 0 Å². The lowest BCUT2D eigenvalue weighted by atomic mass is 9.98. The van der Waals surface area contributed by atoms with Crippen molar-refractivity contribution in [2.45, 2.75) is 0 Å². The molecule has 0 atom stereocenters. The minimum atomic E-state index is -0.187. The van der Waals surface area contributed by atoms with Gasteiger partial charge in [0, 0.05) is 0 Å². The lowest BCUT2D eigenvalue weighted by molar-refractivity contribution is 0.630. The quantitative estimate of drug-likeness (QED) is 0.292. The number of halogens is 1. The Bertz CT molecular complexity index is 922. The third-order valence-electron chi connectivity index (χ3n) is 3.67. The predicted octanol–water partition coefficient (Wildman–Crippen LogP) is 5.29. The number of hydrogen-bond acceptors (Lipinski definition) is 0. The zero-order valence-electron chi connectivity index (χ0n) is 10.2. The molecule has 0 spiro atoms. The molecule has 0 aliphatic heterocycles. The monoisotopic (exact) mass is 246 g/mol. The van der Waals surface area contributed by atoms with Crippen LogP contribution >= 0.6 is 0 Å². The number of hydrogen-bond donors (Lipinski definition) is 0. The van der Waals surface area contributed by atoms with Crippen molar-refractivity contribution in [2.24, 2.45) is 0 Å². The molecule has 0 unspecified atom stereocenters. The van der Waals surface area contributed by atoms with Crippen LogP contribution in [-0.2, 0) is 0 Å². The summed E-state index contributed by atoms with van der Waals surface area (Å²) < 4.78 is 13.5. The lowest BCUT2D eigenvalue weighted by Gasteiger charge is -2.06. The van der Waals surface area contributed by atoms with Crippen LogP contribution < -0.4 is 0 Å². The van der Waals surface area contributed by atoms with Crippen molar-refractivity contribution >= 4 is 32.3 Å². The van der Waals surface area contributed by atoms with Gasteiger partial charge in [-0.25, -0.2) is 4.39 Å². The predicted molar refractivity (Wildman–Crippen MR) is 78.9 cm³/mol. The second kappa shape index (κ2) is 3.79. The van der Waals surface area contributed by atoms with Gasteiger partial charge in [-0.3, -0.25) is 0 Å². The summed E-state index contributed by atoms with van der Waals surface area (Å²) in [5, 5.41) is 6.71. The number of fused-ring (bicyclic) bond motifs is 4. The van der Waals surface area contributed by atoms with Gasteiger partial charge in [0.25, 0.3) is 0 Å². The summed E-state index contributed by atoms with van der Waals surface area (Å²) in [7, 11) is 0. The molecular weight excluding hydrogens is 235 g/mol. The highest BCUT2D eigenvalue weighted by Gasteiger charge is 2.03. The van der Waals surface area contributed by atoms with E-state index in [1.807, 2.05) is 24.3 Å². The largest absolute Gasteiger partial charge is 0.207 e. The molecule has 0 bridgehead atoms. The number of benzene rings is 4. The first-order chi connectivity index (χ1) is 9.31. The maximum absolute atomic E-state index is 13.5. The zero-order valence-corrected chi connectivity index (χ0v) is 10.2. The minimum Gasteiger partial charge on any atom is -0.207 e. The molecule has 0 aliphatic rings. The maximum atomic E-state index is 13.5. The van der Waals surface area contributed by atoms with Crippen LogP contribution in [0.4, 0.5) is 4.39 Å². The zero-order chi connectivity index (χ0) is 12.8. The first kappa shape index (κ1) is 10.5. The Morgan fingerprint density at radius 1 is 0.526 bits per heavy atom. The summed E-state index contributed by atoms with van der Waals surface area (Å²) in [5.74, 6) is -0.187. The van der Waals surface area contributed by atoms with Crippen molar-refractivity contribution < 1.29 is 4.39 Å². The molecule has 0 fully saturated rings. The molecule has 0 aromatic heterocycles. The molecule has 19 heavy (non-hydrogen) atoms. The number of rotatable bonds is 0. The SMILES string of the molecule is Fc1ccc2ccc3cc4ccccc4cc3c2c1. The molecule has 4 rings (SSSR count). The summed E-state index contributed by atoms with van der Waals surface area (Å²) in [6, 6.07) is 21.7. The van der Waals surface area contributed by atoms with Gasteiger partial charge in [0.15, 0.2) is 0 Å². The van der Waals surface area contributed by atoms with Crippen LogP contribution in [0, 0.1) is 5.82 Å². The van der Waals surface area contributed by atoms with Crippen LogP contribution in [0.15, 0.2) is 66.7 Å². The first-order valence-corrected chi connectivity index (χ1v) is 6.32. The highest BCUT2D eigenvalue weighted by molar-refractivity contribution is 6.12. The molecule has 90 valence electrons. The summed E-state index contributed by atoms with van der Waals surface area (Å²) in [5.41, 5.74) is 0. The van der Waals surface area contributed by atoms with Gasteiger partial charge in [-0.15, -0.1) is 0 Å². The van der Waals surface area contributed by atoms with E-state index in [1.165, 1.54) is 16.8 Å². The first-order valence-electron chi connectivity index (χ1n) is 6.32. The van der Waals surface area contributed by atoms with Crippen molar-refractivity contribution in [2.75, 3.05) is 0 Å². The molecule has 0 nitrogen and oxygen atoms in total. The van der Waals surface area contributed by atoms with E-state index in [1.54, 1.807) is 6.07 Å². The van der Waals surface area contributed by atoms with E-state index in [2.05, 4.69) is 30.3 Å². The molecular formula is C18H11F. The van der Waals surface area contributed by atoms with Gasteiger partial charge >= 0.3 is 0 Å². The van der Waals surface area contributed by atoms with E-state index in [0.29, 0.717) is 0 Å². The Morgan fingerprint density at radius 2 is 1.16 bits per heavy atom. The molecule has 0 heterocycles. The Labute approximate surface area is 110 Å². The molecule has 4 aromatic rings. The van der Waals surface area contributed by atoms with E-state index < -0.39 is 0 Å². The standard InChI is InChI=1S/C18H11F/c19-16-8-7-12-5-6-15-9-13-3-1-2-4-14(13)10-17(15)18(12)11-16/h1-11H. The molecule has 4 aromatic carbocycles. The summed E-state index contributed by atoms with van der Waals surface area (Å²) in [4.78, 5) is 0. The van der Waals surface area contributed by atoms with E-state index in [0.717, 1.165) is 21.5 Å². The third-order valence-corrected chi connectivity index (χ3v) is 3.67. The van der Waals surface area contributed by atoms with E-state index >= 15 is 0 Å². The second-order valence-electron chi connectivity index (χ2n) is 4.85. The van der Waals surface area contributed by atoms with Crippen LogP contribution in [-0.4, -0.2) is 0 Å². The van der Waals surface area contributed by atoms with Crippen LogP contribution in [0.5, 0.6) is 0 Å². The van der Waals surface area contributed by atoms with E-state index in [9.17, 15) is 4.39 Å². The Balaban J connectivity index is 2.25. The summed E-state index contributed by atoms with van der Waals surface area (Å²) in [6.45, 7) is 0. The highest BCUT2D eigenvalue weighted by atomic mass is 19.1. The van der Waals surface area contributed by atoms with E-state index in [4.69, 9.17) is 0 Å². The molecule has 0 saturated heterocycles. The molecule has 0 saturated carbocycles. The van der Waals surface area contributed by atoms with Gasteiger partial charge in [-0.1, -0.05) is 42.5 Å². The molecule has 1 heteroatoms. The van der Waals surface area contributed by atoms with Crippen molar-refractivity contribution in [1.82, 2.24) is 0 Å². The van der Waals surface area contributed by atoms with Gasteiger partial charge in [0.05, 0.1) is 0 Å². The Morgan fingerprint density at radius 3 is 2.00 bits per heavy atom. The maximum Gasteiger partial charge on any atom is 0.123 e. The summed E-state index contributed by atoms with van der Waals surface area (Å²) >= 11 is 0. The van der Waals surface area contributed by atoms with Crippen molar-refractivity contribution in [3.8, 4) is 0 Å². The van der Waals surface area contributed by atoms with Gasteiger partial charge in [0.1, 0.15) is 5.82 Å². The minimum absolute atomic E-state index is 0.187. The van der Waals surface area contributed by atoms with Crippen LogP contribution in [0.3, 0.4) is 0 Å². The fraction of sp³-hybridized carbons (Fsp3) is 0. The van der Waals surface area contributed by atoms with Crippen molar-refractivity contribution in [3.05, 3.63) is 72.5 Å². The van der Waals surface area contributed by atoms with Crippen molar-refractivity contribution in [3.63, 3.8) is 0 Å². The third kappa shape index (κ3) is 1.59. The normalized spacial score (nSPS) is 11.4. The second-order valence-corrected chi connectivity index (χ2v) is 4.85. The van der Waals surface area contributed by atoms with E-state index in [-0.39, 0.29) is 5.82 Å². The molecule has 0 amide bonds. The van der Waals surface area contributed by atoms with Crippen LogP contribution in [0.25, 0.3) is 32.3 Å². The van der Waals surface area contributed by atoms with Crippen LogP contribution in [0.2, 0.25) is 0 Å². The smallest absolute Gasteiger partial charge is 0.123 e. The highest BCUT2D eigenvalue weighted by Crippen LogP contribution is 2.29. The Hall–Kier alpha value is -2.41. The molecule has 0 N–H and O–H groups in total. The fourth-order valence-corrected chi connectivity index (χ4v) is 2.72. The van der Waals surface area contributed by atoms with Gasteiger partial charge in [0.2, 0.25) is 0 Å². The molecule has 0 aliphatic carbocycles. The summed E-state index contributed by atoms with van der Waals surface area (Å²) in [6.07, 6.45) is 0. The Kier molecular flexibility index (Phi) is 2.10.